The molecule has 0 spiro atoms. The molecule has 40 heavy (non-hydrogen) atoms. The minimum absolute atomic E-state index is 0.246. The molecule has 0 unspecified atom stereocenters. The lowest BCUT2D eigenvalue weighted by atomic mass is 9.91. The van der Waals surface area contributed by atoms with Crippen LogP contribution in [0.25, 0.3) is 11.0 Å². The van der Waals surface area contributed by atoms with Crippen molar-refractivity contribution < 1.29 is 9.53 Å². The molecular weight excluding hydrogens is 504 g/mol. The largest absolute Gasteiger partial charge is 0.495 e. The van der Waals surface area contributed by atoms with Gasteiger partial charge in [-0.15, -0.1) is 0 Å². The van der Waals surface area contributed by atoms with Gasteiger partial charge in [0.25, 0.3) is 0 Å². The number of ketones is 1. The first kappa shape index (κ1) is 32.9. The smallest absolute Gasteiger partial charge is 0.222 e. The standard InChI is InChI=1S/C22H32N8O.C6H12O.C2H6/c1-4-5-8-25-21-20-19(27-22(23)28-21)14(2)29-30(20)13-17-18(31-3)11-16(12-26-17)15-6-9-24-10-7-15;1-3-5-6(7)4-2;1-2/h11-12,15,24H,4-10,13H2,1-3H3,(H3,23,25,27,28);3-5H2,1-2H3;1-2H3. The number of ether oxygens (including phenoxy) is 1. The van der Waals surface area contributed by atoms with Gasteiger partial charge in [-0.25, -0.2) is 4.98 Å². The molecule has 0 aromatic carbocycles. The maximum atomic E-state index is 10.4. The van der Waals surface area contributed by atoms with E-state index in [1.54, 1.807) is 7.11 Å². The number of piperidine rings is 1. The van der Waals surface area contributed by atoms with E-state index >= 15 is 0 Å². The van der Waals surface area contributed by atoms with E-state index < -0.39 is 0 Å². The Morgan fingerprint density at radius 2 is 1.90 bits per heavy atom. The van der Waals surface area contributed by atoms with Gasteiger partial charge in [-0.1, -0.05) is 41.0 Å². The first-order valence-electron chi connectivity index (χ1n) is 14.9. The van der Waals surface area contributed by atoms with Crippen LogP contribution < -0.4 is 21.1 Å². The van der Waals surface area contributed by atoms with E-state index in [0.717, 1.165) is 86.3 Å². The minimum atomic E-state index is 0.246. The number of aryl methyl sites for hydroxylation is 1. The van der Waals surface area contributed by atoms with Gasteiger partial charge in [-0.05, 0) is 63.2 Å². The van der Waals surface area contributed by atoms with Crippen molar-refractivity contribution in [1.29, 1.82) is 0 Å². The van der Waals surface area contributed by atoms with Crippen LogP contribution in [-0.4, -0.2) is 57.3 Å². The number of nitrogens with two attached hydrogens (primary N) is 1. The van der Waals surface area contributed by atoms with E-state index in [1.807, 2.05) is 45.5 Å². The molecule has 4 heterocycles. The van der Waals surface area contributed by atoms with Crippen LogP contribution in [0.1, 0.15) is 102 Å². The lowest BCUT2D eigenvalue weighted by molar-refractivity contribution is -0.118. The Kier molecular flexibility index (Phi) is 14.4. The first-order chi connectivity index (χ1) is 19.4. The summed E-state index contributed by atoms with van der Waals surface area (Å²) in [6.45, 7) is 15.4. The zero-order chi connectivity index (χ0) is 29.5. The Morgan fingerprint density at radius 1 is 1.18 bits per heavy atom. The predicted molar refractivity (Wildman–Crippen MR) is 164 cm³/mol. The molecule has 0 saturated carbocycles. The summed E-state index contributed by atoms with van der Waals surface area (Å²) in [5.41, 5.74) is 10.4. The summed E-state index contributed by atoms with van der Waals surface area (Å²) in [7, 11) is 1.70. The second-order valence-electron chi connectivity index (χ2n) is 9.74. The maximum absolute atomic E-state index is 10.4. The van der Waals surface area contributed by atoms with E-state index in [0.29, 0.717) is 30.5 Å². The molecule has 0 bridgehead atoms. The van der Waals surface area contributed by atoms with Gasteiger partial charge in [0.05, 0.1) is 19.3 Å². The second kappa shape index (κ2) is 17.4. The van der Waals surface area contributed by atoms with Crippen molar-refractivity contribution in [3.8, 4) is 5.75 Å². The SMILES string of the molecule is CC.CCCC(=O)CC.CCCCNc1nc(N)nc2c(C)nn(Cc3ncc(C4CCNCC4)cc3OC)c12. The highest BCUT2D eigenvalue weighted by Gasteiger charge is 2.20. The van der Waals surface area contributed by atoms with Gasteiger partial charge in [-0.2, -0.15) is 10.1 Å². The van der Waals surface area contributed by atoms with E-state index in [4.69, 9.17) is 20.6 Å². The fraction of sp³-hybridized carbons (Fsp3) is 0.633. The average molecular weight is 555 g/mol. The highest BCUT2D eigenvalue weighted by atomic mass is 16.5. The molecular formula is C30H50N8O2. The normalized spacial score (nSPS) is 13.2. The van der Waals surface area contributed by atoms with Crippen LogP contribution in [0.5, 0.6) is 5.75 Å². The number of fused-ring (bicyclic) bond motifs is 1. The molecule has 0 atom stereocenters. The number of hydrogen-bond donors (Lipinski definition) is 3. The number of hydrogen-bond acceptors (Lipinski definition) is 9. The van der Waals surface area contributed by atoms with E-state index in [-0.39, 0.29) is 5.95 Å². The Labute approximate surface area is 239 Å². The lowest BCUT2D eigenvalue weighted by Gasteiger charge is -2.23. The van der Waals surface area contributed by atoms with Crippen LogP contribution in [0, 0.1) is 6.92 Å². The molecule has 1 fully saturated rings. The van der Waals surface area contributed by atoms with Crippen LogP contribution in [0.2, 0.25) is 0 Å². The lowest BCUT2D eigenvalue weighted by Crippen LogP contribution is -2.26. The zero-order valence-corrected chi connectivity index (χ0v) is 25.6. The topological polar surface area (TPSA) is 133 Å². The van der Waals surface area contributed by atoms with Crippen molar-refractivity contribution in [3.05, 3.63) is 29.2 Å². The summed E-state index contributed by atoms with van der Waals surface area (Å²) in [5, 5.41) is 11.5. The summed E-state index contributed by atoms with van der Waals surface area (Å²) in [4.78, 5) is 24.1. The van der Waals surface area contributed by atoms with Gasteiger partial charge in [-0.3, -0.25) is 14.5 Å². The Balaban J connectivity index is 0.000000545. The second-order valence-corrected chi connectivity index (χ2v) is 9.74. The van der Waals surface area contributed by atoms with E-state index in [2.05, 4.69) is 33.6 Å². The summed E-state index contributed by atoms with van der Waals surface area (Å²) < 4.78 is 7.61. The third kappa shape index (κ3) is 9.15. The monoisotopic (exact) mass is 554 g/mol. The number of anilines is 2. The molecule has 3 aromatic rings. The van der Waals surface area contributed by atoms with Gasteiger partial charge in [0.2, 0.25) is 5.95 Å². The number of aromatic nitrogens is 5. The summed E-state index contributed by atoms with van der Waals surface area (Å²) in [6.07, 6.45) is 8.83. The van der Waals surface area contributed by atoms with E-state index in [1.165, 1.54) is 5.56 Å². The minimum Gasteiger partial charge on any atom is -0.495 e. The molecule has 1 saturated heterocycles. The third-order valence-electron chi connectivity index (χ3n) is 6.80. The van der Waals surface area contributed by atoms with Crippen LogP contribution in [0.4, 0.5) is 11.8 Å². The van der Waals surface area contributed by atoms with Gasteiger partial charge >= 0.3 is 0 Å². The molecule has 10 heteroatoms. The summed E-state index contributed by atoms with van der Waals surface area (Å²) in [6, 6.07) is 2.13. The number of pyridine rings is 1. The average Bonchev–Trinajstić information content (AvgIpc) is 3.29. The summed E-state index contributed by atoms with van der Waals surface area (Å²) >= 11 is 0. The molecule has 1 aliphatic rings. The molecule has 10 nitrogen and oxygen atoms in total. The number of carbonyl (C=O) groups excluding carboxylic acids is 1. The zero-order valence-electron chi connectivity index (χ0n) is 25.6. The Bertz CT molecular complexity index is 1190. The van der Waals surface area contributed by atoms with Gasteiger partial charge in [0.15, 0.2) is 5.82 Å². The highest BCUT2D eigenvalue weighted by Crippen LogP contribution is 2.30. The fourth-order valence-electron chi connectivity index (χ4n) is 4.63. The number of nitrogens with zero attached hydrogens (tertiary/aromatic N) is 5. The van der Waals surface area contributed by atoms with Crippen molar-refractivity contribution in [2.75, 3.05) is 37.8 Å². The summed E-state index contributed by atoms with van der Waals surface area (Å²) in [5.74, 6) is 2.64. The number of nitrogen functional groups attached to an aromatic ring is 1. The number of Topliss-reactive ketones (excluding diaryl/α,β-unsaturated/α-hetero) is 1. The van der Waals surface area contributed by atoms with Gasteiger partial charge < -0.3 is 21.1 Å². The van der Waals surface area contributed by atoms with Crippen molar-refractivity contribution in [2.45, 2.75) is 99.0 Å². The first-order valence-corrected chi connectivity index (χ1v) is 14.9. The molecule has 3 aromatic heterocycles. The van der Waals surface area contributed by atoms with Crippen molar-refractivity contribution in [2.24, 2.45) is 0 Å². The molecule has 0 amide bonds. The molecule has 0 aliphatic carbocycles. The number of rotatable bonds is 11. The van der Waals surface area contributed by atoms with Crippen molar-refractivity contribution >= 4 is 28.6 Å². The molecule has 0 radical (unpaired) electrons. The molecule has 222 valence electrons. The Morgan fingerprint density at radius 3 is 2.50 bits per heavy atom. The van der Waals surface area contributed by atoms with Crippen LogP contribution in [-0.2, 0) is 11.3 Å². The predicted octanol–water partition coefficient (Wildman–Crippen LogP) is 5.64. The fourth-order valence-corrected chi connectivity index (χ4v) is 4.63. The number of methoxy groups -OCH3 is 1. The Hall–Kier alpha value is -3.27. The number of nitrogens with one attached hydrogen (secondary N) is 2. The third-order valence-corrected chi connectivity index (χ3v) is 6.80. The highest BCUT2D eigenvalue weighted by molar-refractivity contribution is 5.88. The molecule has 4 rings (SSSR count). The van der Waals surface area contributed by atoms with Gasteiger partial charge in [0.1, 0.15) is 28.3 Å². The van der Waals surface area contributed by atoms with Crippen molar-refractivity contribution in [1.82, 2.24) is 30.0 Å². The number of carbonyl (C=O) groups is 1. The van der Waals surface area contributed by atoms with Crippen LogP contribution >= 0.6 is 0 Å². The quantitative estimate of drug-likeness (QED) is 0.258. The molecule has 4 N–H and O–H groups in total. The maximum Gasteiger partial charge on any atom is 0.222 e. The van der Waals surface area contributed by atoms with Crippen LogP contribution in [0.15, 0.2) is 12.3 Å². The van der Waals surface area contributed by atoms with Crippen molar-refractivity contribution in [3.63, 3.8) is 0 Å². The van der Waals surface area contributed by atoms with Gasteiger partial charge in [0, 0.05) is 25.6 Å². The number of unbranched alkanes of at least 4 members (excludes halogenated alkanes) is 1. The molecule has 1 aliphatic heterocycles. The van der Waals surface area contributed by atoms with E-state index in [9.17, 15) is 4.79 Å². The van der Waals surface area contributed by atoms with Crippen LogP contribution in [0.3, 0.4) is 0 Å².